The number of benzene rings is 2. The second kappa shape index (κ2) is 8.06. The van der Waals surface area contributed by atoms with E-state index in [0.29, 0.717) is 5.69 Å². The quantitative estimate of drug-likeness (QED) is 0.649. The number of hydrogen-bond donors (Lipinski definition) is 3. The van der Waals surface area contributed by atoms with Gasteiger partial charge < -0.3 is 21.3 Å². The summed E-state index contributed by atoms with van der Waals surface area (Å²) in [5, 5.41) is 6.30. The van der Waals surface area contributed by atoms with Crippen molar-refractivity contribution in [1.82, 2.24) is 15.3 Å². The van der Waals surface area contributed by atoms with Gasteiger partial charge in [0.15, 0.2) is 11.5 Å². The van der Waals surface area contributed by atoms with Gasteiger partial charge in [-0.25, -0.2) is 9.97 Å². The lowest BCUT2D eigenvalue weighted by atomic mass is 10.1. The topological polar surface area (TPSA) is 96.2 Å². The molecule has 1 aromatic heterocycles. The third kappa shape index (κ3) is 3.79. The van der Waals surface area contributed by atoms with Crippen LogP contribution >= 0.6 is 0 Å². The highest BCUT2D eigenvalue weighted by Gasteiger charge is 2.19. The lowest BCUT2D eigenvalue weighted by Gasteiger charge is -2.31. The molecule has 1 amide bonds. The Kier molecular flexibility index (Phi) is 5.16. The molecule has 0 aliphatic carbocycles. The Morgan fingerprint density at radius 2 is 1.75 bits per heavy atom. The Morgan fingerprint density at radius 1 is 1.04 bits per heavy atom. The summed E-state index contributed by atoms with van der Waals surface area (Å²) >= 11 is 0. The number of nitrogens with one attached hydrogen (secondary N) is 2. The van der Waals surface area contributed by atoms with Crippen molar-refractivity contribution in [3.63, 3.8) is 0 Å². The largest absolute Gasteiger partial charge is 0.382 e. The minimum Gasteiger partial charge on any atom is -0.382 e. The number of para-hydroxylation sites is 2. The summed E-state index contributed by atoms with van der Waals surface area (Å²) in [7, 11) is 0. The molecule has 0 spiro atoms. The van der Waals surface area contributed by atoms with Crippen molar-refractivity contribution in [3.05, 3.63) is 66.5 Å². The van der Waals surface area contributed by atoms with Crippen molar-refractivity contribution in [2.75, 3.05) is 42.1 Å². The molecule has 0 bridgehead atoms. The molecule has 1 saturated heterocycles. The average molecular weight is 374 g/mol. The number of piperazine rings is 1. The number of nitrogens with two attached hydrogens (primary N) is 1. The molecule has 0 atom stereocenters. The molecule has 1 aliphatic rings. The summed E-state index contributed by atoms with van der Waals surface area (Å²) in [6.45, 7) is 3.61. The van der Waals surface area contributed by atoms with E-state index in [4.69, 9.17) is 5.73 Å². The number of nitrogen functional groups attached to an aromatic ring is 1. The van der Waals surface area contributed by atoms with Crippen LogP contribution in [0.25, 0.3) is 11.3 Å². The van der Waals surface area contributed by atoms with Gasteiger partial charge in [0.05, 0.1) is 23.3 Å². The van der Waals surface area contributed by atoms with Gasteiger partial charge in [0, 0.05) is 31.7 Å². The maximum Gasteiger partial charge on any atom is 0.278 e. The first-order chi connectivity index (χ1) is 13.7. The summed E-state index contributed by atoms with van der Waals surface area (Å²) in [5.41, 5.74) is 9.28. The first kappa shape index (κ1) is 17.9. The van der Waals surface area contributed by atoms with Crippen molar-refractivity contribution in [3.8, 4) is 11.3 Å². The van der Waals surface area contributed by atoms with Crippen LogP contribution in [0.1, 0.15) is 10.5 Å². The highest BCUT2D eigenvalue weighted by Crippen LogP contribution is 2.27. The molecule has 2 aromatic carbocycles. The molecule has 1 aliphatic heterocycles. The molecule has 0 saturated carbocycles. The third-order valence-electron chi connectivity index (χ3n) is 4.70. The molecule has 7 heteroatoms. The van der Waals surface area contributed by atoms with Gasteiger partial charge in [0.1, 0.15) is 0 Å². The van der Waals surface area contributed by atoms with E-state index in [1.807, 2.05) is 54.6 Å². The standard InChI is InChI=1S/C21H22N6O/c22-20-19(25-17(14-24-20)15-6-2-1-3-7-15)21(28)26-16-8-4-5-9-18(16)27-12-10-23-11-13-27/h1-9,14,23H,10-13H2,(H2,22,24)(H,26,28). The number of anilines is 3. The van der Waals surface area contributed by atoms with Gasteiger partial charge >= 0.3 is 0 Å². The van der Waals surface area contributed by atoms with E-state index in [2.05, 4.69) is 25.5 Å². The zero-order chi connectivity index (χ0) is 19.3. The molecule has 0 radical (unpaired) electrons. The van der Waals surface area contributed by atoms with Crippen molar-refractivity contribution >= 4 is 23.1 Å². The Hall–Kier alpha value is -3.45. The van der Waals surface area contributed by atoms with E-state index >= 15 is 0 Å². The van der Waals surface area contributed by atoms with Crippen molar-refractivity contribution < 1.29 is 4.79 Å². The molecule has 4 N–H and O–H groups in total. The van der Waals surface area contributed by atoms with E-state index in [-0.39, 0.29) is 17.4 Å². The van der Waals surface area contributed by atoms with Crippen LogP contribution in [0.5, 0.6) is 0 Å². The number of aromatic nitrogens is 2. The number of amides is 1. The van der Waals surface area contributed by atoms with Crippen molar-refractivity contribution in [2.24, 2.45) is 0 Å². The van der Waals surface area contributed by atoms with Crippen molar-refractivity contribution in [2.45, 2.75) is 0 Å². The van der Waals surface area contributed by atoms with Crippen LogP contribution < -0.4 is 21.3 Å². The summed E-state index contributed by atoms with van der Waals surface area (Å²) < 4.78 is 0. The van der Waals surface area contributed by atoms with Gasteiger partial charge in [-0.15, -0.1) is 0 Å². The summed E-state index contributed by atoms with van der Waals surface area (Å²) in [4.78, 5) is 23.8. The van der Waals surface area contributed by atoms with Crippen LogP contribution in [0.15, 0.2) is 60.8 Å². The zero-order valence-electron chi connectivity index (χ0n) is 15.4. The second-order valence-electron chi connectivity index (χ2n) is 6.56. The maximum absolute atomic E-state index is 12.9. The average Bonchev–Trinajstić information content (AvgIpc) is 2.75. The predicted octanol–water partition coefficient (Wildman–Crippen LogP) is 2.39. The van der Waals surface area contributed by atoms with Gasteiger partial charge in [-0.3, -0.25) is 4.79 Å². The SMILES string of the molecule is Nc1ncc(-c2ccccc2)nc1C(=O)Nc1ccccc1N1CCNCC1. The molecule has 28 heavy (non-hydrogen) atoms. The monoisotopic (exact) mass is 374 g/mol. The second-order valence-corrected chi connectivity index (χ2v) is 6.56. The Labute approximate surface area is 163 Å². The van der Waals surface area contributed by atoms with Crippen LogP contribution in [-0.2, 0) is 0 Å². The van der Waals surface area contributed by atoms with E-state index < -0.39 is 0 Å². The molecule has 2 heterocycles. The van der Waals surface area contributed by atoms with Crippen LogP contribution in [0.3, 0.4) is 0 Å². The van der Waals surface area contributed by atoms with Gasteiger partial charge in [-0.05, 0) is 12.1 Å². The molecular formula is C21H22N6O. The van der Waals surface area contributed by atoms with Crippen molar-refractivity contribution in [1.29, 1.82) is 0 Å². The number of rotatable bonds is 4. The fourth-order valence-corrected chi connectivity index (χ4v) is 3.26. The molecule has 7 nitrogen and oxygen atoms in total. The smallest absolute Gasteiger partial charge is 0.278 e. The van der Waals surface area contributed by atoms with E-state index in [0.717, 1.165) is 43.1 Å². The number of nitrogens with zero attached hydrogens (tertiary/aromatic N) is 3. The van der Waals surface area contributed by atoms with Crippen LogP contribution in [0.2, 0.25) is 0 Å². The fraction of sp³-hybridized carbons (Fsp3) is 0.190. The molecule has 3 aromatic rings. The fourth-order valence-electron chi connectivity index (χ4n) is 3.26. The molecule has 0 unspecified atom stereocenters. The highest BCUT2D eigenvalue weighted by atomic mass is 16.1. The first-order valence-electron chi connectivity index (χ1n) is 9.26. The summed E-state index contributed by atoms with van der Waals surface area (Å²) in [6.07, 6.45) is 1.58. The first-order valence-corrected chi connectivity index (χ1v) is 9.26. The number of hydrogen-bond acceptors (Lipinski definition) is 6. The van der Waals surface area contributed by atoms with E-state index in [1.165, 1.54) is 0 Å². The van der Waals surface area contributed by atoms with Crippen LogP contribution in [0.4, 0.5) is 17.2 Å². The number of carbonyl (C=O) groups excluding carboxylic acids is 1. The minimum atomic E-state index is -0.370. The van der Waals surface area contributed by atoms with E-state index in [1.54, 1.807) is 6.20 Å². The van der Waals surface area contributed by atoms with E-state index in [9.17, 15) is 4.79 Å². The molecular weight excluding hydrogens is 352 g/mol. The Balaban J connectivity index is 1.61. The van der Waals surface area contributed by atoms with Gasteiger partial charge in [-0.1, -0.05) is 42.5 Å². The molecule has 1 fully saturated rings. The Bertz CT molecular complexity index is 970. The zero-order valence-corrected chi connectivity index (χ0v) is 15.4. The number of carbonyl (C=O) groups is 1. The molecule has 142 valence electrons. The van der Waals surface area contributed by atoms with Gasteiger partial charge in [0.2, 0.25) is 0 Å². The molecule has 4 rings (SSSR count). The summed E-state index contributed by atoms with van der Waals surface area (Å²) in [6, 6.07) is 17.4. The lowest BCUT2D eigenvalue weighted by molar-refractivity contribution is 0.102. The van der Waals surface area contributed by atoms with Crippen LogP contribution in [0, 0.1) is 0 Å². The highest BCUT2D eigenvalue weighted by molar-refractivity contribution is 6.07. The third-order valence-corrected chi connectivity index (χ3v) is 4.70. The van der Waals surface area contributed by atoms with Gasteiger partial charge in [0.25, 0.3) is 5.91 Å². The lowest BCUT2D eigenvalue weighted by Crippen LogP contribution is -2.43. The maximum atomic E-state index is 12.9. The predicted molar refractivity (Wildman–Crippen MR) is 111 cm³/mol. The summed E-state index contributed by atoms with van der Waals surface area (Å²) in [5.74, 6) is -0.262. The van der Waals surface area contributed by atoms with Crippen LogP contribution in [-0.4, -0.2) is 42.1 Å². The minimum absolute atomic E-state index is 0.108. The Morgan fingerprint density at radius 3 is 2.54 bits per heavy atom. The normalized spacial score (nSPS) is 13.9. The van der Waals surface area contributed by atoms with Gasteiger partial charge in [-0.2, -0.15) is 0 Å².